The Bertz CT molecular complexity index is 1110. The van der Waals surface area contributed by atoms with Crippen LogP contribution in [0.15, 0.2) is 36.5 Å². The minimum Gasteiger partial charge on any atom is -0.495 e. The fraction of sp³-hybridized carbons (Fsp3) is 0.417. The maximum absolute atomic E-state index is 5.65. The van der Waals surface area contributed by atoms with E-state index >= 15 is 0 Å². The van der Waals surface area contributed by atoms with E-state index in [4.69, 9.17) is 14.5 Å². The van der Waals surface area contributed by atoms with E-state index in [0.29, 0.717) is 5.95 Å². The van der Waals surface area contributed by atoms with Crippen molar-refractivity contribution in [2.75, 3.05) is 51.1 Å². The second-order valence-corrected chi connectivity index (χ2v) is 9.06. The standard InChI is InChI=1S/C24H29N5O2/c1-24(14-31-15-24)13-26-19-5-4-17-11-25-23(27-20(17)10-19)28-21-8-18-12-29(2)7-6-16(18)9-22(21)30-3/h4-5,8-11,26H,6-7,12-15H2,1-3H3,(H,25,27,28). The molecule has 0 bridgehead atoms. The minimum absolute atomic E-state index is 0.213. The molecule has 0 unspecified atom stereocenters. The Morgan fingerprint density at radius 1 is 1.19 bits per heavy atom. The van der Waals surface area contributed by atoms with Gasteiger partial charge in [0.25, 0.3) is 0 Å². The Labute approximate surface area is 182 Å². The van der Waals surface area contributed by atoms with Crippen LogP contribution in [0.3, 0.4) is 0 Å². The number of hydrogen-bond donors (Lipinski definition) is 2. The molecule has 3 heterocycles. The van der Waals surface area contributed by atoms with E-state index in [-0.39, 0.29) is 5.41 Å². The van der Waals surface area contributed by atoms with Crippen LogP contribution in [0.4, 0.5) is 17.3 Å². The molecular formula is C24H29N5O2. The molecule has 2 aliphatic rings. The number of hydrogen-bond acceptors (Lipinski definition) is 7. The lowest BCUT2D eigenvalue weighted by Gasteiger charge is -2.38. The van der Waals surface area contributed by atoms with Crippen molar-refractivity contribution < 1.29 is 9.47 Å². The molecule has 31 heavy (non-hydrogen) atoms. The highest BCUT2D eigenvalue weighted by Crippen LogP contribution is 2.33. The molecule has 162 valence electrons. The molecule has 2 N–H and O–H groups in total. The maximum Gasteiger partial charge on any atom is 0.227 e. The van der Waals surface area contributed by atoms with Crippen molar-refractivity contribution in [3.8, 4) is 5.75 Å². The maximum atomic E-state index is 5.65. The molecule has 2 aliphatic heterocycles. The third kappa shape index (κ3) is 4.16. The summed E-state index contributed by atoms with van der Waals surface area (Å²) in [6, 6.07) is 10.5. The van der Waals surface area contributed by atoms with Crippen molar-refractivity contribution in [3.63, 3.8) is 0 Å². The third-order valence-corrected chi connectivity index (χ3v) is 6.17. The molecule has 3 aromatic rings. The number of nitrogens with one attached hydrogen (secondary N) is 2. The summed E-state index contributed by atoms with van der Waals surface area (Å²) in [5.41, 5.74) is 5.72. The van der Waals surface area contributed by atoms with Crippen molar-refractivity contribution in [1.82, 2.24) is 14.9 Å². The van der Waals surface area contributed by atoms with E-state index < -0.39 is 0 Å². The molecule has 0 atom stereocenters. The summed E-state index contributed by atoms with van der Waals surface area (Å²) in [4.78, 5) is 11.6. The number of likely N-dealkylation sites (N-methyl/N-ethyl adjacent to an activating group) is 1. The summed E-state index contributed by atoms with van der Waals surface area (Å²) in [6.45, 7) is 6.74. The van der Waals surface area contributed by atoms with Gasteiger partial charge in [0.05, 0.1) is 31.5 Å². The number of aromatic nitrogens is 2. The number of anilines is 3. The molecule has 0 spiro atoms. The Morgan fingerprint density at radius 3 is 2.84 bits per heavy atom. The monoisotopic (exact) mass is 419 g/mol. The quantitative estimate of drug-likeness (QED) is 0.629. The zero-order valence-corrected chi connectivity index (χ0v) is 18.4. The van der Waals surface area contributed by atoms with Crippen LogP contribution >= 0.6 is 0 Å². The van der Waals surface area contributed by atoms with Crippen LogP contribution in [0.2, 0.25) is 0 Å². The van der Waals surface area contributed by atoms with Gasteiger partial charge in [-0.1, -0.05) is 6.92 Å². The van der Waals surface area contributed by atoms with Crippen LogP contribution in [0.5, 0.6) is 5.75 Å². The molecule has 0 radical (unpaired) electrons. The van der Waals surface area contributed by atoms with E-state index in [1.165, 1.54) is 11.1 Å². The van der Waals surface area contributed by atoms with E-state index in [1.54, 1.807) is 7.11 Å². The first-order valence-electron chi connectivity index (χ1n) is 10.8. The van der Waals surface area contributed by atoms with Gasteiger partial charge in [-0.25, -0.2) is 9.97 Å². The zero-order valence-electron chi connectivity index (χ0n) is 18.4. The summed E-state index contributed by atoms with van der Waals surface area (Å²) in [5, 5.41) is 7.90. The topological polar surface area (TPSA) is 71.5 Å². The van der Waals surface area contributed by atoms with Gasteiger partial charge in [-0.2, -0.15) is 0 Å². The number of ether oxygens (including phenoxy) is 2. The van der Waals surface area contributed by atoms with E-state index in [2.05, 4.69) is 64.8 Å². The molecule has 1 fully saturated rings. The molecule has 7 heteroatoms. The third-order valence-electron chi connectivity index (χ3n) is 6.17. The molecule has 1 saturated heterocycles. The number of nitrogens with zero attached hydrogens (tertiary/aromatic N) is 3. The van der Waals surface area contributed by atoms with Gasteiger partial charge in [0.2, 0.25) is 5.95 Å². The fourth-order valence-electron chi connectivity index (χ4n) is 4.18. The Morgan fingerprint density at radius 2 is 2.06 bits per heavy atom. The summed E-state index contributed by atoms with van der Waals surface area (Å²) < 4.78 is 11.0. The highest BCUT2D eigenvalue weighted by Gasteiger charge is 2.32. The Hall–Kier alpha value is -2.90. The summed E-state index contributed by atoms with van der Waals surface area (Å²) in [7, 11) is 3.85. The number of methoxy groups -OCH3 is 1. The average molecular weight is 420 g/mol. The van der Waals surface area contributed by atoms with Crippen molar-refractivity contribution in [1.29, 1.82) is 0 Å². The summed E-state index contributed by atoms with van der Waals surface area (Å²) in [6.07, 6.45) is 2.89. The fourth-order valence-corrected chi connectivity index (χ4v) is 4.18. The summed E-state index contributed by atoms with van der Waals surface area (Å²) in [5.74, 6) is 1.38. The van der Waals surface area contributed by atoms with Gasteiger partial charge in [0.15, 0.2) is 0 Å². The molecule has 5 rings (SSSR count). The van der Waals surface area contributed by atoms with Crippen LogP contribution in [-0.4, -0.2) is 55.3 Å². The summed E-state index contributed by atoms with van der Waals surface area (Å²) >= 11 is 0. The Kier molecular flexibility index (Phi) is 5.16. The molecule has 2 aromatic carbocycles. The van der Waals surface area contributed by atoms with Crippen LogP contribution in [0.1, 0.15) is 18.1 Å². The molecule has 0 saturated carbocycles. The molecular weight excluding hydrogens is 390 g/mol. The van der Waals surface area contributed by atoms with Crippen LogP contribution < -0.4 is 15.4 Å². The van der Waals surface area contributed by atoms with Gasteiger partial charge in [-0.3, -0.25) is 0 Å². The van der Waals surface area contributed by atoms with Crippen molar-refractivity contribution in [3.05, 3.63) is 47.7 Å². The lowest BCUT2D eigenvalue weighted by molar-refractivity contribution is -0.0924. The first kappa shape index (κ1) is 20.0. The van der Waals surface area contributed by atoms with Gasteiger partial charge in [-0.15, -0.1) is 0 Å². The van der Waals surface area contributed by atoms with Gasteiger partial charge in [0.1, 0.15) is 5.75 Å². The first-order chi connectivity index (χ1) is 15.0. The van der Waals surface area contributed by atoms with Gasteiger partial charge >= 0.3 is 0 Å². The smallest absolute Gasteiger partial charge is 0.227 e. The van der Waals surface area contributed by atoms with Gasteiger partial charge in [0, 0.05) is 42.3 Å². The largest absolute Gasteiger partial charge is 0.495 e. The molecule has 0 amide bonds. The van der Waals surface area contributed by atoms with Crippen LogP contribution in [0.25, 0.3) is 10.9 Å². The second kappa shape index (κ2) is 7.98. The normalized spacial score (nSPS) is 17.6. The van der Waals surface area contributed by atoms with Crippen molar-refractivity contribution in [2.45, 2.75) is 19.9 Å². The zero-order chi connectivity index (χ0) is 21.4. The van der Waals surface area contributed by atoms with E-state index in [0.717, 1.165) is 67.3 Å². The molecule has 1 aromatic heterocycles. The number of fused-ring (bicyclic) bond motifs is 2. The van der Waals surface area contributed by atoms with Crippen molar-refractivity contribution in [2.24, 2.45) is 5.41 Å². The molecule has 0 aliphatic carbocycles. The lowest BCUT2D eigenvalue weighted by atomic mass is 9.89. The number of benzene rings is 2. The van der Waals surface area contributed by atoms with E-state index in [1.807, 2.05) is 6.20 Å². The van der Waals surface area contributed by atoms with Crippen LogP contribution in [0, 0.1) is 5.41 Å². The molecule has 7 nitrogen and oxygen atoms in total. The van der Waals surface area contributed by atoms with Crippen LogP contribution in [-0.2, 0) is 17.7 Å². The predicted molar refractivity (Wildman–Crippen MR) is 123 cm³/mol. The number of rotatable bonds is 6. The van der Waals surface area contributed by atoms with Gasteiger partial charge < -0.3 is 25.0 Å². The van der Waals surface area contributed by atoms with Crippen molar-refractivity contribution >= 4 is 28.2 Å². The second-order valence-electron chi connectivity index (χ2n) is 9.06. The minimum atomic E-state index is 0.213. The average Bonchev–Trinajstić information content (AvgIpc) is 2.75. The van der Waals surface area contributed by atoms with Gasteiger partial charge in [-0.05, 0) is 54.9 Å². The predicted octanol–water partition coefficient (Wildman–Crippen LogP) is 3.82. The highest BCUT2D eigenvalue weighted by molar-refractivity contribution is 5.83. The lowest BCUT2D eigenvalue weighted by Crippen LogP contribution is -2.45. The Balaban J connectivity index is 1.39. The first-order valence-corrected chi connectivity index (χ1v) is 10.8. The SMILES string of the molecule is COc1cc2c(cc1Nc1ncc3ccc(NCC4(C)COC4)cc3n1)CN(C)CC2. The highest BCUT2D eigenvalue weighted by atomic mass is 16.5. The van der Waals surface area contributed by atoms with E-state index in [9.17, 15) is 0 Å².